The first kappa shape index (κ1) is 16.4. The third-order valence-electron chi connectivity index (χ3n) is 4.65. The highest BCUT2D eigenvalue weighted by molar-refractivity contribution is 5.90. The second-order valence-electron chi connectivity index (χ2n) is 6.46. The standard InChI is InChI=1S/C20H24N2O2/c1-13-6-4-5-7-18(13)15-10-17(11-15)22-16-8-9-19(21-14(2)23)20(12-16)24-3/h4-9,12,15,17,22H,10-11H2,1-3H3,(H,21,23). The number of nitrogens with one attached hydrogen (secondary N) is 2. The molecule has 0 spiro atoms. The number of carbonyl (C=O) groups is 1. The molecule has 126 valence electrons. The first-order valence-electron chi connectivity index (χ1n) is 8.34. The molecule has 3 rings (SSSR count). The SMILES string of the molecule is COc1cc(NC2CC(c3ccccc3C)C2)ccc1NC(C)=O. The van der Waals surface area contributed by atoms with Crippen molar-refractivity contribution in [1.29, 1.82) is 0 Å². The van der Waals surface area contributed by atoms with Gasteiger partial charge in [0.25, 0.3) is 0 Å². The van der Waals surface area contributed by atoms with Crippen LogP contribution in [0.4, 0.5) is 11.4 Å². The van der Waals surface area contributed by atoms with Crippen LogP contribution in [0.15, 0.2) is 42.5 Å². The number of amides is 1. The molecule has 1 aliphatic rings. The first-order valence-corrected chi connectivity index (χ1v) is 8.34. The lowest BCUT2D eigenvalue weighted by molar-refractivity contribution is -0.114. The molecular weight excluding hydrogens is 300 g/mol. The highest BCUT2D eigenvalue weighted by atomic mass is 16.5. The molecule has 0 radical (unpaired) electrons. The van der Waals surface area contributed by atoms with Crippen LogP contribution < -0.4 is 15.4 Å². The van der Waals surface area contributed by atoms with Crippen molar-refractivity contribution < 1.29 is 9.53 Å². The minimum Gasteiger partial charge on any atom is -0.494 e. The summed E-state index contributed by atoms with van der Waals surface area (Å²) < 4.78 is 5.37. The number of rotatable bonds is 5. The average Bonchev–Trinajstić information content (AvgIpc) is 2.52. The van der Waals surface area contributed by atoms with Crippen molar-refractivity contribution >= 4 is 17.3 Å². The summed E-state index contributed by atoms with van der Waals surface area (Å²) in [6.45, 7) is 3.67. The lowest BCUT2D eigenvalue weighted by Crippen LogP contribution is -2.34. The summed E-state index contributed by atoms with van der Waals surface area (Å²) in [6.07, 6.45) is 2.28. The third kappa shape index (κ3) is 3.53. The van der Waals surface area contributed by atoms with Crippen molar-refractivity contribution in [3.63, 3.8) is 0 Å². The molecule has 1 amide bonds. The minimum absolute atomic E-state index is 0.103. The number of benzene rings is 2. The van der Waals surface area contributed by atoms with Crippen molar-refractivity contribution in [2.75, 3.05) is 17.7 Å². The van der Waals surface area contributed by atoms with Gasteiger partial charge in [-0.15, -0.1) is 0 Å². The number of anilines is 2. The van der Waals surface area contributed by atoms with Gasteiger partial charge in [-0.3, -0.25) is 4.79 Å². The Morgan fingerprint density at radius 2 is 1.92 bits per heavy atom. The molecule has 1 saturated carbocycles. The molecule has 24 heavy (non-hydrogen) atoms. The Balaban J connectivity index is 1.62. The zero-order valence-electron chi connectivity index (χ0n) is 14.4. The maximum absolute atomic E-state index is 11.2. The van der Waals surface area contributed by atoms with Gasteiger partial charge in [-0.1, -0.05) is 24.3 Å². The van der Waals surface area contributed by atoms with Gasteiger partial charge in [0.1, 0.15) is 5.75 Å². The van der Waals surface area contributed by atoms with E-state index in [1.54, 1.807) is 7.11 Å². The Morgan fingerprint density at radius 1 is 1.17 bits per heavy atom. The number of carbonyl (C=O) groups excluding carboxylic acids is 1. The van der Waals surface area contributed by atoms with Crippen LogP contribution in [0.5, 0.6) is 5.75 Å². The minimum atomic E-state index is -0.103. The van der Waals surface area contributed by atoms with Crippen molar-refractivity contribution in [3.8, 4) is 5.75 Å². The molecule has 2 aromatic carbocycles. The molecule has 4 nitrogen and oxygen atoms in total. The normalized spacial score (nSPS) is 19.3. The highest BCUT2D eigenvalue weighted by Gasteiger charge is 2.31. The molecule has 2 N–H and O–H groups in total. The van der Waals surface area contributed by atoms with Gasteiger partial charge in [0.15, 0.2) is 0 Å². The zero-order chi connectivity index (χ0) is 17.1. The Hall–Kier alpha value is -2.49. The van der Waals surface area contributed by atoms with Crippen LogP contribution >= 0.6 is 0 Å². The highest BCUT2D eigenvalue weighted by Crippen LogP contribution is 2.40. The lowest BCUT2D eigenvalue weighted by atomic mass is 9.74. The van der Waals surface area contributed by atoms with Crippen molar-refractivity contribution in [2.45, 2.75) is 38.6 Å². The molecule has 4 heteroatoms. The molecular formula is C20H24N2O2. The topological polar surface area (TPSA) is 50.4 Å². The maximum Gasteiger partial charge on any atom is 0.221 e. The van der Waals surface area contributed by atoms with Crippen LogP contribution in [0.2, 0.25) is 0 Å². The van der Waals surface area contributed by atoms with Gasteiger partial charge in [0.05, 0.1) is 12.8 Å². The van der Waals surface area contributed by atoms with E-state index in [4.69, 9.17) is 4.74 Å². The van der Waals surface area contributed by atoms with Gasteiger partial charge in [-0.05, 0) is 48.9 Å². The molecule has 0 aliphatic heterocycles. The van der Waals surface area contributed by atoms with E-state index in [0.717, 1.165) is 18.5 Å². The van der Waals surface area contributed by atoms with E-state index in [1.807, 2.05) is 18.2 Å². The van der Waals surface area contributed by atoms with Gasteiger partial charge in [0.2, 0.25) is 5.91 Å². The molecule has 0 saturated heterocycles. The maximum atomic E-state index is 11.2. The van der Waals surface area contributed by atoms with Crippen molar-refractivity contribution in [3.05, 3.63) is 53.6 Å². The van der Waals surface area contributed by atoms with Crippen molar-refractivity contribution in [2.24, 2.45) is 0 Å². The Bertz CT molecular complexity index is 736. The van der Waals surface area contributed by atoms with Crippen LogP contribution in [0.25, 0.3) is 0 Å². The van der Waals surface area contributed by atoms with E-state index in [2.05, 4.69) is 41.8 Å². The fourth-order valence-electron chi connectivity index (χ4n) is 3.34. The van der Waals surface area contributed by atoms with E-state index in [-0.39, 0.29) is 5.91 Å². The largest absolute Gasteiger partial charge is 0.494 e. The van der Waals surface area contributed by atoms with Gasteiger partial charge >= 0.3 is 0 Å². The van der Waals surface area contributed by atoms with Crippen LogP contribution in [0.1, 0.15) is 36.8 Å². The molecule has 1 fully saturated rings. The van der Waals surface area contributed by atoms with E-state index in [9.17, 15) is 4.79 Å². The lowest BCUT2D eigenvalue weighted by Gasteiger charge is -2.37. The number of methoxy groups -OCH3 is 1. The molecule has 0 atom stereocenters. The summed E-state index contributed by atoms with van der Waals surface area (Å²) in [7, 11) is 1.61. The fourth-order valence-corrected chi connectivity index (χ4v) is 3.34. The quantitative estimate of drug-likeness (QED) is 0.861. The van der Waals surface area contributed by atoms with E-state index in [0.29, 0.717) is 23.4 Å². The van der Waals surface area contributed by atoms with E-state index < -0.39 is 0 Å². The fraction of sp³-hybridized carbons (Fsp3) is 0.350. The number of ether oxygens (including phenoxy) is 1. The summed E-state index contributed by atoms with van der Waals surface area (Å²) in [6, 6.07) is 14.9. The summed E-state index contributed by atoms with van der Waals surface area (Å²) >= 11 is 0. The predicted molar refractivity (Wildman–Crippen MR) is 97.9 cm³/mol. The molecule has 0 bridgehead atoms. The molecule has 0 unspecified atom stereocenters. The summed E-state index contributed by atoms with van der Waals surface area (Å²) in [4.78, 5) is 11.2. The summed E-state index contributed by atoms with van der Waals surface area (Å²) in [5, 5.41) is 6.34. The summed E-state index contributed by atoms with van der Waals surface area (Å²) in [5.74, 6) is 1.21. The van der Waals surface area contributed by atoms with Crippen molar-refractivity contribution in [1.82, 2.24) is 0 Å². The average molecular weight is 324 g/mol. The second-order valence-corrected chi connectivity index (χ2v) is 6.46. The molecule has 1 aliphatic carbocycles. The van der Waals surface area contributed by atoms with Gasteiger partial charge in [0, 0.05) is 24.7 Å². The van der Waals surface area contributed by atoms with Crippen LogP contribution in [0, 0.1) is 6.92 Å². The number of hydrogen-bond donors (Lipinski definition) is 2. The Kier molecular flexibility index (Phi) is 4.74. The van der Waals surface area contributed by atoms with Gasteiger partial charge in [-0.25, -0.2) is 0 Å². The van der Waals surface area contributed by atoms with E-state index >= 15 is 0 Å². The summed E-state index contributed by atoms with van der Waals surface area (Å²) in [5.41, 5.74) is 4.56. The number of hydrogen-bond acceptors (Lipinski definition) is 3. The zero-order valence-corrected chi connectivity index (χ0v) is 14.4. The molecule has 2 aromatic rings. The van der Waals surface area contributed by atoms with Crippen LogP contribution in [-0.4, -0.2) is 19.1 Å². The van der Waals surface area contributed by atoms with Crippen LogP contribution in [0.3, 0.4) is 0 Å². The van der Waals surface area contributed by atoms with Crippen LogP contribution in [-0.2, 0) is 4.79 Å². The Labute approximate surface area is 143 Å². The first-order chi connectivity index (χ1) is 11.6. The van der Waals surface area contributed by atoms with Gasteiger partial charge in [-0.2, -0.15) is 0 Å². The molecule has 0 aromatic heterocycles. The van der Waals surface area contributed by atoms with Gasteiger partial charge < -0.3 is 15.4 Å². The predicted octanol–water partition coefficient (Wildman–Crippen LogP) is 4.32. The second kappa shape index (κ2) is 6.95. The molecule has 0 heterocycles. The van der Waals surface area contributed by atoms with E-state index in [1.165, 1.54) is 18.1 Å². The third-order valence-corrected chi connectivity index (χ3v) is 4.65. The monoisotopic (exact) mass is 324 g/mol. The number of aryl methyl sites for hydroxylation is 1. The smallest absolute Gasteiger partial charge is 0.221 e. The Morgan fingerprint density at radius 3 is 2.58 bits per heavy atom.